The zero-order chi connectivity index (χ0) is 33.7. The van der Waals surface area contributed by atoms with Crippen molar-refractivity contribution in [3.63, 3.8) is 0 Å². The highest BCUT2D eigenvalue weighted by Gasteiger charge is 2.37. The van der Waals surface area contributed by atoms with Gasteiger partial charge in [0.15, 0.2) is 69.8 Å². The Hall–Kier alpha value is -4.20. The minimum absolute atomic E-state index is 0.177. The molecule has 0 saturated carbocycles. The number of allylic oxidation sites excluding steroid dienone is 2. The number of benzene rings is 4. The average Bonchev–Trinajstić information content (AvgIpc) is 3.18. The van der Waals surface area contributed by atoms with Crippen molar-refractivity contribution >= 4 is 28.0 Å². The van der Waals surface area contributed by atoms with E-state index in [1.54, 1.807) is 10.6 Å². The minimum atomic E-state index is -4.01. The number of fused-ring (bicyclic) bond motifs is 2. The monoisotopic (exact) mass is 659 g/mol. The van der Waals surface area contributed by atoms with Crippen molar-refractivity contribution < 1.29 is 57.6 Å². The third kappa shape index (κ3) is 5.67. The van der Waals surface area contributed by atoms with E-state index >= 15 is 0 Å². The summed E-state index contributed by atoms with van der Waals surface area (Å²) in [4.78, 5) is 1.70. The molecule has 0 radical (unpaired) electrons. The van der Waals surface area contributed by atoms with Crippen molar-refractivity contribution in [3.8, 4) is 0 Å². The summed E-state index contributed by atoms with van der Waals surface area (Å²) in [6.45, 7) is 0. The molecular weight excluding hydrogens is 637 g/mol. The molecular formula is C32H22BF12N. The molecule has 1 saturated heterocycles. The van der Waals surface area contributed by atoms with Crippen molar-refractivity contribution in [1.29, 1.82) is 0 Å². The molecule has 0 aliphatic carbocycles. The standard InChI is InChI=1S/C24H8BF12.C8H13N/c26-13-1-9(2-14(27)21(13)34)25(10-3-15(28)22(35)16(29)4-10,11-5-17(30)23(36)18(31)6-11)12-7-19(32)24(37)20(33)8-12;1-9-7-3-2-4-8(9)6-5-7/h1-8H;3,8H,2,4-6H2,1H3/q-1;/p+1/t;8-/m.1/s1. The van der Waals surface area contributed by atoms with E-state index in [0.29, 0.717) is 0 Å². The van der Waals surface area contributed by atoms with E-state index < -0.39 is 97.8 Å². The van der Waals surface area contributed by atoms with Crippen molar-refractivity contribution in [2.24, 2.45) is 0 Å². The highest BCUT2D eigenvalue weighted by Crippen LogP contribution is 2.21. The third-order valence-corrected chi connectivity index (χ3v) is 8.81. The lowest BCUT2D eigenvalue weighted by Crippen LogP contribution is -3.09. The molecule has 2 aliphatic rings. The second kappa shape index (κ2) is 12.5. The summed E-state index contributed by atoms with van der Waals surface area (Å²) in [6.07, 6.45) is 4.00. The highest BCUT2D eigenvalue weighted by molar-refractivity contribution is 7.19. The second-order valence-electron chi connectivity index (χ2n) is 11.3. The summed E-state index contributed by atoms with van der Waals surface area (Å²) in [5.41, 5.74) is -2.11. The molecule has 1 fully saturated rings. The van der Waals surface area contributed by atoms with Crippen LogP contribution < -0.4 is 26.8 Å². The van der Waals surface area contributed by atoms with Gasteiger partial charge >= 0.3 is 0 Å². The SMILES string of the molecule is C[NH+]1C2=CCC[C@@H]1CC2.Fc1cc([B-](c2cc(F)c(F)c(F)c2)(c2cc(F)c(F)c(F)c2)c2cc(F)c(F)c(F)c2)cc(F)c1F. The summed E-state index contributed by atoms with van der Waals surface area (Å²) in [5.74, 6) is -24.0. The quantitative estimate of drug-likeness (QED) is 0.177. The Bertz CT molecular complexity index is 1540. The van der Waals surface area contributed by atoms with E-state index in [1.807, 2.05) is 0 Å². The molecule has 2 aliphatic heterocycles. The molecule has 4 aromatic rings. The van der Waals surface area contributed by atoms with Crippen LogP contribution in [0.1, 0.15) is 25.7 Å². The lowest BCUT2D eigenvalue weighted by Gasteiger charge is -2.44. The van der Waals surface area contributed by atoms with Gasteiger partial charge in [0.25, 0.3) is 0 Å². The van der Waals surface area contributed by atoms with Crippen LogP contribution in [0.4, 0.5) is 52.7 Å². The van der Waals surface area contributed by atoms with Gasteiger partial charge in [-0.05, 0) is 12.5 Å². The first-order valence-corrected chi connectivity index (χ1v) is 13.9. The Morgan fingerprint density at radius 3 is 1.00 bits per heavy atom. The van der Waals surface area contributed by atoms with E-state index in [2.05, 4.69) is 13.1 Å². The molecule has 1 unspecified atom stereocenters. The fourth-order valence-electron chi connectivity index (χ4n) is 6.54. The van der Waals surface area contributed by atoms with E-state index in [4.69, 9.17) is 0 Å². The Balaban J connectivity index is 0.000000393. The average molecular weight is 659 g/mol. The predicted molar refractivity (Wildman–Crippen MR) is 147 cm³/mol. The van der Waals surface area contributed by atoms with Gasteiger partial charge in [0.1, 0.15) is 11.8 Å². The van der Waals surface area contributed by atoms with Crippen LogP contribution in [0.25, 0.3) is 0 Å². The lowest BCUT2D eigenvalue weighted by atomic mass is 9.13. The van der Waals surface area contributed by atoms with E-state index in [9.17, 15) is 52.7 Å². The number of hydrogen-bond donors (Lipinski definition) is 1. The van der Waals surface area contributed by atoms with Crippen LogP contribution in [0.5, 0.6) is 0 Å². The van der Waals surface area contributed by atoms with Gasteiger partial charge in [0.2, 0.25) is 0 Å². The summed E-state index contributed by atoms with van der Waals surface area (Å²) in [7, 11) is 2.31. The molecule has 4 aromatic carbocycles. The first-order chi connectivity index (χ1) is 21.7. The summed E-state index contributed by atoms with van der Waals surface area (Å²) in [6, 6.07) is 2.39. The van der Waals surface area contributed by atoms with Crippen LogP contribution in [0, 0.1) is 69.8 Å². The van der Waals surface area contributed by atoms with Gasteiger partial charge < -0.3 is 4.90 Å². The Morgan fingerprint density at radius 2 is 0.761 bits per heavy atom. The van der Waals surface area contributed by atoms with Gasteiger partial charge in [-0.2, -0.15) is 21.9 Å². The normalized spacial score (nSPS) is 17.5. The Morgan fingerprint density at radius 1 is 0.478 bits per heavy atom. The molecule has 14 heteroatoms. The third-order valence-electron chi connectivity index (χ3n) is 8.81. The molecule has 0 spiro atoms. The summed E-state index contributed by atoms with van der Waals surface area (Å²) < 4.78 is 170. The van der Waals surface area contributed by atoms with Gasteiger partial charge in [0, 0.05) is 19.3 Å². The van der Waals surface area contributed by atoms with Crippen LogP contribution in [-0.4, -0.2) is 19.2 Å². The van der Waals surface area contributed by atoms with Crippen LogP contribution in [-0.2, 0) is 0 Å². The minimum Gasteiger partial charge on any atom is -0.306 e. The smallest absolute Gasteiger partial charge is 0.194 e. The Labute approximate surface area is 254 Å². The predicted octanol–water partition coefficient (Wildman–Crippen LogP) is 5.07. The molecule has 1 nitrogen and oxygen atoms in total. The van der Waals surface area contributed by atoms with Gasteiger partial charge in [0.05, 0.1) is 13.1 Å². The van der Waals surface area contributed by atoms with Crippen LogP contribution in [0.2, 0.25) is 0 Å². The van der Waals surface area contributed by atoms with Gasteiger partial charge in [-0.15, -0.1) is 0 Å². The summed E-state index contributed by atoms with van der Waals surface area (Å²) >= 11 is 0. The number of rotatable bonds is 4. The zero-order valence-corrected chi connectivity index (χ0v) is 23.7. The molecule has 2 atom stereocenters. The molecule has 0 amide bonds. The number of halogens is 12. The maximum atomic E-state index is 14.4. The molecule has 2 bridgehead atoms. The number of nitrogens with one attached hydrogen (secondary N) is 1. The van der Waals surface area contributed by atoms with Crippen molar-refractivity contribution in [3.05, 3.63) is 130 Å². The van der Waals surface area contributed by atoms with Crippen LogP contribution >= 0.6 is 0 Å². The van der Waals surface area contributed by atoms with E-state index in [-0.39, 0.29) is 48.5 Å². The highest BCUT2D eigenvalue weighted by atomic mass is 19.2. The molecule has 2 heterocycles. The zero-order valence-electron chi connectivity index (χ0n) is 23.7. The molecule has 6 rings (SSSR count). The lowest BCUT2D eigenvalue weighted by molar-refractivity contribution is -0.858. The van der Waals surface area contributed by atoms with Crippen LogP contribution in [0.15, 0.2) is 60.3 Å². The Kier molecular flexibility index (Phi) is 9.04. The maximum Gasteiger partial charge on any atom is 0.194 e. The van der Waals surface area contributed by atoms with Gasteiger partial charge in [-0.3, -0.25) is 0 Å². The van der Waals surface area contributed by atoms with Gasteiger partial charge in [-0.25, -0.2) is 52.7 Å². The first-order valence-electron chi connectivity index (χ1n) is 13.9. The van der Waals surface area contributed by atoms with Crippen molar-refractivity contribution in [1.82, 2.24) is 0 Å². The fraction of sp³-hybridized carbons (Fsp3) is 0.188. The maximum absolute atomic E-state index is 14.4. The van der Waals surface area contributed by atoms with Gasteiger partial charge in [-0.1, -0.05) is 48.5 Å². The second-order valence-corrected chi connectivity index (χ2v) is 11.3. The van der Waals surface area contributed by atoms with E-state index in [0.717, 1.165) is 6.04 Å². The molecule has 0 aromatic heterocycles. The number of quaternary nitrogens is 1. The molecule has 242 valence electrons. The largest absolute Gasteiger partial charge is 0.306 e. The van der Waals surface area contributed by atoms with Crippen LogP contribution in [0.3, 0.4) is 0 Å². The topological polar surface area (TPSA) is 4.44 Å². The van der Waals surface area contributed by atoms with Crippen molar-refractivity contribution in [2.75, 3.05) is 7.05 Å². The molecule has 1 N–H and O–H groups in total. The number of hydrogen-bond acceptors (Lipinski definition) is 0. The van der Waals surface area contributed by atoms with Crippen molar-refractivity contribution in [2.45, 2.75) is 31.7 Å². The van der Waals surface area contributed by atoms with E-state index in [1.165, 1.54) is 25.7 Å². The fourth-order valence-corrected chi connectivity index (χ4v) is 6.54. The molecule has 46 heavy (non-hydrogen) atoms. The first kappa shape index (κ1) is 33.2. The summed E-state index contributed by atoms with van der Waals surface area (Å²) in [5, 5.41) is 0.